The van der Waals surface area contributed by atoms with E-state index in [1.54, 1.807) is 45.7 Å². The van der Waals surface area contributed by atoms with Gasteiger partial charge in [-0.05, 0) is 45.4 Å². The van der Waals surface area contributed by atoms with Crippen LogP contribution >= 0.6 is 11.3 Å². The minimum absolute atomic E-state index is 0.182. The first-order chi connectivity index (χ1) is 15.0. The van der Waals surface area contributed by atoms with Crippen molar-refractivity contribution in [3.63, 3.8) is 0 Å². The Labute approximate surface area is 189 Å². The quantitative estimate of drug-likeness (QED) is 0.509. The van der Waals surface area contributed by atoms with Gasteiger partial charge in [0.05, 0.1) is 30.3 Å². The molecule has 2 heterocycles. The molecule has 0 saturated carbocycles. The monoisotopic (exact) mass is 458 g/mol. The maximum absolute atomic E-state index is 11.9. The summed E-state index contributed by atoms with van der Waals surface area (Å²) >= 11 is 0.989. The van der Waals surface area contributed by atoms with E-state index in [1.165, 1.54) is 0 Å². The molecule has 0 radical (unpaired) electrons. The number of aldehydes is 1. The van der Waals surface area contributed by atoms with Crippen LogP contribution in [0.2, 0.25) is 0 Å². The second kappa shape index (κ2) is 9.09. The molecule has 32 heavy (non-hydrogen) atoms. The number of carbonyl (C=O) groups is 2. The van der Waals surface area contributed by atoms with Gasteiger partial charge >= 0.3 is 6.09 Å². The summed E-state index contributed by atoms with van der Waals surface area (Å²) in [5, 5.41) is 24.7. The number of thiazole rings is 1. The summed E-state index contributed by atoms with van der Waals surface area (Å²) in [6, 6.07) is 7.52. The number of aliphatic hydroxyl groups is 1. The number of aliphatic hydroxyl groups excluding tert-OH is 1. The molecule has 0 aliphatic rings. The zero-order valence-corrected chi connectivity index (χ0v) is 19.4. The Morgan fingerprint density at radius 2 is 1.97 bits per heavy atom. The molecule has 170 valence electrons. The highest BCUT2D eigenvalue weighted by atomic mass is 32.1. The van der Waals surface area contributed by atoms with Crippen LogP contribution in [0.4, 0.5) is 9.93 Å². The van der Waals surface area contributed by atoms with Crippen molar-refractivity contribution in [1.82, 2.24) is 14.8 Å². The van der Waals surface area contributed by atoms with Crippen LogP contribution in [0.3, 0.4) is 0 Å². The molecule has 0 bridgehead atoms. The topological polar surface area (TPSA) is 118 Å². The Bertz CT molecular complexity index is 1110. The number of aromatic nitrogens is 3. The standard InChI is InChI=1S/C22H26N4O5S/c1-13(28)18-16(11-25(24-18)10-14-6-8-15(31-5)9-7-14)19-17(12-27)32-20(23-19)26(21(29)30)22(2,3)4/h6-9,11-13,28H,10H2,1-5H3,(H,29,30). The zero-order valence-electron chi connectivity index (χ0n) is 18.6. The molecule has 1 amide bonds. The highest BCUT2D eigenvalue weighted by molar-refractivity contribution is 7.17. The molecular weight excluding hydrogens is 432 g/mol. The second-order valence-electron chi connectivity index (χ2n) is 8.27. The van der Waals surface area contributed by atoms with E-state index in [2.05, 4.69) is 10.1 Å². The molecule has 3 rings (SSSR count). The lowest BCUT2D eigenvalue weighted by Gasteiger charge is -2.30. The van der Waals surface area contributed by atoms with Crippen molar-refractivity contribution in [1.29, 1.82) is 0 Å². The first kappa shape index (κ1) is 23.4. The number of anilines is 1. The Hall–Kier alpha value is -3.24. The van der Waals surface area contributed by atoms with E-state index in [-0.39, 0.29) is 10.0 Å². The zero-order chi connectivity index (χ0) is 23.6. The molecule has 1 aromatic carbocycles. The molecule has 1 atom stereocenters. The molecule has 1 unspecified atom stereocenters. The Morgan fingerprint density at radius 1 is 1.31 bits per heavy atom. The predicted molar refractivity (Wildman–Crippen MR) is 122 cm³/mol. The van der Waals surface area contributed by atoms with Crippen molar-refractivity contribution in [3.05, 3.63) is 46.6 Å². The minimum atomic E-state index is -1.17. The second-order valence-corrected chi connectivity index (χ2v) is 9.27. The van der Waals surface area contributed by atoms with E-state index >= 15 is 0 Å². The number of nitrogens with zero attached hydrogens (tertiary/aromatic N) is 4. The van der Waals surface area contributed by atoms with Crippen LogP contribution in [-0.4, -0.2) is 50.0 Å². The van der Waals surface area contributed by atoms with Crippen LogP contribution in [0.1, 0.15) is 54.7 Å². The number of hydrogen-bond acceptors (Lipinski definition) is 7. The summed E-state index contributed by atoms with van der Waals surface area (Å²) in [7, 11) is 1.60. The van der Waals surface area contributed by atoms with Crippen LogP contribution < -0.4 is 9.64 Å². The van der Waals surface area contributed by atoms with Crippen molar-refractivity contribution in [2.45, 2.75) is 45.9 Å². The highest BCUT2D eigenvalue weighted by Gasteiger charge is 2.32. The van der Waals surface area contributed by atoms with E-state index in [4.69, 9.17) is 4.74 Å². The van der Waals surface area contributed by atoms with Gasteiger partial charge in [-0.25, -0.2) is 14.7 Å². The molecule has 0 fully saturated rings. The molecule has 0 aliphatic heterocycles. The lowest BCUT2D eigenvalue weighted by molar-refractivity contribution is 0.112. The smallest absolute Gasteiger partial charge is 0.414 e. The lowest BCUT2D eigenvalue weighted by Crippen LogP contribution is -2.45. The van der Waals surface area contributed by atoms with Crippen molar-refractivity contribution in [2.24, 2.45) is 0 Å². The third-order valence-corrected chi connectivity index (χ3v) is 5.71. The number of rotatable bonds is 7. The largest absolute Gasteiger partial charge is 0.497 e. The maximum Gasteiger partial charge on any atom is 0.414 e. The Morgan fingerprint density at radius 3 is 2.47 bits per heavy atom. The number of hydrogen-bond donors (Lipinski definition) is 2. The van der Waals surface area contributed by atoms with Gasteiger partial charge in [-0.2, -0.15) is 5.10 Å². The average molecular weight is 459 g/mol. The summed E-state index contributed by atoms with van der Waals surface area (Å²) in [6.07, 6.45) is 0.276. The molecule has 10 heteroatoms. The fourth-order valence-electron chi connectivity index (χ4n) is 3.27. The van der Waals surface area contributed by atoms with Crippen LogP contribution in [0.15, 0.2) is 30.5 Å². The normalized spacial score (nSPS) is 12.4. The summed E-state index contributed by atoms with van der Waals surface area (Å²) in [5.74, 6) is 0.743. The fraction of sp³-hybridized carbons (Fsp3) is 0.364. The minimum Gasteiger partial charge on any atom is -0.497 e. The van der Waals surface area contributed by atoms with Crippen LogP contribution in [0, 0.1) is 0 Å². The van der Waals surface area contributed by atoms with E-state index in [0.717, 1.165) is 27.5 Å². The fourth-order valence-corrected chi connectivity index (χ4v) is 4.35. The van der Waals surface area contributed by atoms with Crippen molar-refractivity contribution < 1.29 is 24.5 Å². The van der Waals surface area contributed by atoms with E-state index < -0.39 is 17.7 Å². The summed E-state index contributed by atoms with van der Waals surface area (Å²) in [4.78, 5) is 29.5. The summed E-state index contributed by atoms with van der Waals surface area (Å²) in [6.45, 7) is 7.25. The van der Waals surface area contributed by atoms with Gasteiger partial charge in [0.1, 0.15) is 11.4 Å². The third-order valence-electron chi connectivity index (χ3n) is 4.75. The van der Waals surface area contributed by atoms with Crippen LogP contribution in [0.5, 0.6) is 5.75 Å². The number of carboxylic acid groups (broad SMARTS) is 1. The summed E-state index contributed by atoms with van der Waals surface area (Å²) < 4.78 is 6.84. The van der Waals surface area contributed by atoms with E-state index in [9.17, 15) is 19.8 Å². The number of benzene rings is 1. The van der Waals surface area contributed by atoms with Gasteiger partial charge in [0.15, 0.2) is 11.4 Å². The molecular formula is C22H26N4O5S. The maximum atomic E-state index is 11.9. The third kappa shape index (κ3) is 4.81. The van der Waals surface area contributed by atoms with Gasteiger partial charge in [-0.3, -0.25) is 9.48 Å². The number of amides is 1. The molecule has 9 nitrogen and oxygen atoms in total. The molecule has 3 aromatic rings. The van der Waals surface area contributed by atoms with Crippen LogP contribution in [-0.2, 0) is 6.54 Å². The van der Waals surface area contributed by atoms with E-state index in [1.807, 2.05) is 24.3 Å². The van der Waals surface area contributed by atoms with Gasteiger partial charge in [0.2, 0.25) is 0 Å². The molecule has 2 aromatic heterocycles. The van der Waals surface area contributed by atoms with Gasteiger partial charge < -0.3 is 14.9 Å². The highest BCUT2D eigenvalue weighted by Crippen LogP contribution is 2.37. The van der Waals surface area contributed by atoms with Gasteiger partial charge in [-0.15, -0.1) is 0 Å². The lowest BCUT2D eigenvalue weighted by atomic mass is 10.1. The Balaban J connectivity index is 2.05. The van der Waals surface area contributed by atoms with Crippen molar-refractivity contribution in [2.75, 3.05) is 12.0 Å². The number of ether oxygens (including phenoxy) is 1. The van der Waals surface area contributed by atoms with Gasteiger partial charge in [-0.1, -0.05) is 23.5 Å². The Kier molecular flexibility index (Phi) is 6.65. The molecule has 2 N–H and O–H groups in total. The van der Waals surface area contributed by atoms with Crippen LogP contribution in [0.25, 0.3) is 11.3 Å². The average Bonchev–Trinajstić information content (AvgIpc) is 3.31. The molecule has 0 aliphatic carbocycles. The molecule has 0 spiro atoms. The van der Waals surface area contributed by atoms with E-state index in [0.29, 0.717) is 29.8 Å². The van der Waals surface area contributed by atoms with Crippen molar-refractivity contribution >= 4 is 28.8 Å². The first-order valence-electron chi connectivity index (χ1n) is 9.93. The predicted octanol–water partition coefficient (Wildman–Crippen LogP) is 4.21. The van der Waals surface area contributed by atoms with Gasteiger partial charge in [0, 0.05) is 17.3 Å². The summed E-state index contributed by atoms with van der Waals surface area (Å²) in [5.41, 5.74) is 1.35. The first-order valence-corrected chi connectivity index (χ1v) is 10.7. The van der Waals surface area contributed by atoms with Crippen molar-refractivity contribution in [3.8, 4) is 17.0 Å². The SMILES string of the molecule is COc1ccc(Cn2cc(-c3nc(N(C(=O)O)C(C)(C)C)sc3C=O)c(C(C)O)n2)cc1. The number of carbonyl (C=O) groups excluding carboxylic acids is 1. The van der Waals surface area contributed by atoms with Gasteiger partial charge in [0.25, 0.3) is 0 Å². The number of methoxy groups -OCH3 is 1. The molecule has 0 saturated heterocycles.